The Morgan fingerprint density at radius 3 is 2.78 bits per heavy atom. The summed E-state index contributed by atoms with van der Waals surface area (Å²) in [6.07, 6.45) is 0.131. The quantitative estimate of drug-likeness (QED) is 0.654. The lowest BCUT2D eigenvalue weighted by atomic mass is 10.2. The summed E-state index contributed by atoms with van der Waals surface area (Å²) in [5.41, 5.74) is 0.186. The van der Waals surface area contributed by atoms with Crippen LogP contribution in [0.1, 0.15) is 16.8 Å². The summed E-state index contributed by atoms with van der Waals surface area (Å²) in [5.74, 6) is -0.445. The zero-order valence-electron chi connectivity index (χ0n) is 14.7. The number of ether oxygens (including phenoxy) is 1. The van der Waals surface area contributed by atoms with Crippen LogP contribution in [0.15, 0.2) is 46.9 Å². The average molecular weight is 458 g/mol. The lowest BCUT2D eigenvalue weighted by Crippen LogP contribution is -2.34. The van der Waals surface area contributed by atoms with E-state index in [1.54, 1.807) is 31.3 Å². The van der Waals surface area contributed by atoms with Crippen molar-refractivity contribution in [2.24, 2.45) is 0 Å². The minimum Gasteiger partial charge on any atom is -0.492 e. The van der Waals surface area contributed by atoms with Crippen LogP contribution in [0, 0.1) is 5.82 Å². The first-order chi connectivity index (χ1) is 12.9. The van der Waals surface area contributed by atoms with E-state index in [0.717, 1.165) is 6.07 Å². The second kappa shape index (κ2) is 10.3. The van der Waals surface area contributed by atoms with Gasteiger partial charge in [0.15, 0.2) is 0 Å². The maximum absolute atomic E-state index is 13.2. The number of nitrogens with zero attached hydrogens (tertiary/aromatic N) is 1. The first-order valence-corrected chi connectivity index (χ1v) is 9.39. The highest BCUT2D eigenvalue weighted by molar-refractivity contribution is 9.10. The molecule has 2 rings (SSSR count). The van der Waals surface area contributed by atoms with Crippen LogP contribution in [0.25, 0.3) is 0 Å². The SMILES string of the molecule is CN(CCOc1cccc(Cl)c1)C(=O)CCNC(=O)c1cc(F)ccc1Br. The maximum Gasteiger partial charge on any atom is 0.252 e. The third kappa shape index (κ3) is 6.84. The molecule has 0 radical (unpaired) electrons. The Morgan fingerprint density at radius 2 is 2.04 bits per heavy atom. The summed E-state index contributed by atoms with van der Waals surface area (Å²) in [5, 5.41) is 3.19. The zero-order chi connectivity index (χ0) is 19.8. The number of rotatable bonds is 8. The Kier molecular flexibility index (Phi) is 8.06. The van der Waals surface area contributed by atoms with Gasteiger partial charge in [0, 0.05) is 29.5 Å². The maximum atomic E-state index is 13.2. The number of benzene rings is 2. The third-order valence-electron chi connectivity index (χ3n) is 3.71. The van der Waals surface area contributed by atoms with Gasteiger partial charge in [-0.25, -0.2) is 4.39 Å². The number of hydrogen-bond donors (Lipinski definition) is 1. The number of amides is 2. The molecule has 0 atom stereocenters. The Bertz CT molecular complexity index is 819. The summed E-state index contributed by atoms with van der Waals surface area (Å²) in [6.45, 7) is 0.875. The van der Waals surface area contributed by atoms with E-state index in [4.69, 9.17) is 16.3 Å². The predicted octanol–water partition coefficient (Wildman–Crippen LogP) is 3.90. The number of halogens is 3. The number of carbonyl (C=O) groups excluding carboxylic acids is 2. The van der Waals surface area contributed by atoms with Crippen molar-refractivity contribution in [1.82, 2.24) is 10.2 Å². The van der Waals surface area contributed by atoms with Crippen molar-refractivity contribution in [2.75, 3.05) is 26.7 Å². The van der Waals surface area contributed by atoms with Gasteiger partial charge in [-0.3, -0.25) is 9.59 Å². The van der Waals surface area contributed by atoms with Crippen LogP contribution in [0.4, 0.5) is 4.39 Å². The van der Waals surface area contributed by atoms with Gasteiger partial charge >= 0.3 is 0 Å². The molecule has 5 nitrogen and oxygen atoms in total. The van der Waals surface area contributed by atoms with Crippen molar-refractivity contribution in [3.63, 3.8) is 0 Å². The molecule has 0 heterocycles. The molecule has 1 N–H and O–H groups in total. The molecule has 0 aliphatic rings. The molecule has 0 unspecified atom stereocenters. The van der Waals surface area contributed by atoms with E-state index in [9.17, 15) is 14.0 Å². The smallest absolute Gasteiger partial charge is 0.252 e. The molecule has 0 saturated heterocycles. The first kappa shape index (κ1) is 21.2. The molecule has 0 fully saturated rings. The molecule has 0 saturated carbocycles. The van der Waals surface area contributed by atoms with Crippen LogP contribution >= 0.6 is 27.5 Å². The molecular formula is C19H19BrClFN2O3. The summed E-state index contributed by atoms with van der Waals surface area (Å²) >= 11 is 9.08. The van der Waals surface area contributed by atoms with Crippen LogP contribution < -0.4 is 10.1 Å². The summed E-state index contributed by atoms with van der Waals surface area (Å²) in [4.78, 5) is 25.7. The molecule has 8 heteroatoms. The molecular weight excluding hydrogens is 439 g/mol. The molecule has 0 aliphatic heterocycles. The van der Waals surface area contributed by atoms with Crippen LogP contribution in [0.5, 0.6) is 5.75 Å². The van der Waals surface area contributed by atoms with Crippen molar-refractivity contribution in [1.29, 1.82) is 0 Å². The highest BCUT2D eigenvalue weighted by Gasteiger charge is 2.13. The van der Waals surface area contributed by atoms with Gasteiger partial charge in [0.05, 0.1) is 12.1 Å². The number of hydrogen-bond acceptors (Lipinski definition) is 3. The van der Waals surface area contributed by atoms with E-state index in [0.29, 0.717) is 28.4 Å². The molecule has 2 aromatic carbocycles. The number of carbonyl (C=O) groups is 2. The molecule has 0 bridgehead atoms. The molecule has 2 aromatic rings. The summed E-state index contributed by atoms with van der Waals surface area (Å²) in [7, 11) is 1.66. The number of likely N-dealkylation sites (N-methyl/N-ethyl adjacent to an activating group) is 1. The van der Waals surface area contributed by atoms with Gasteiger partial charge in [0.1, 0.15) is 18.2 Å². The molecule has 0 aromatic heterocycles. The van der Waals surface area contributed by atoms with Crippen molar-refractivity contribution >= 4 is 39.3 Å². The minimum atomic E-state index is -0.501. The third-order valence-corrected chi connectivity index (χ3v) is 4.64. The summed E-state index contributed by atoms with van der Waals surface area (Å²) in [6, 6.07) is 10.9. The second-order valence-corrected chi connectivity index (χ2v) is 7.04. The highest BCUT2D eigenvalue weighted by Crippen LogP contribution is 2.18. The first-order valence-electron chi connectivity index (χ1n) is 8.22. The standard InChI is InChI=1S/C19H19BrClFN2O3/c1-24(9-10-27-15-4-2-3-13(21)11-15)18(25)7-8-23-19(26)16-12-14(22)5-6-17(16)20/h2-6,11-12H,7-10H2,1H3,(H,23,26). The van der Waals surface area contributed by atoms with Gasteiger partial charge in [0.25, 0.3) is 5.91 Å². The van der Waals surface area contributed by atoms with Gasteiger partial charge in [0.2, 0.25) is 5.91 Å². The Hall–Kier alpha value is -2.12. The van der Waals surface area contributed by atoms with Crippen molar-refractivity contribution in [2.45, 2.75) is 6.42 Å². The predicted molar refractivity (Wildman–Crippen MR) is 106 cm³/mol. The second-order valence-electron chi connectivity index (χ2n) is 5.75. The highest BCUT2D eigenvalue weighted by atomic mass is 79.9. The van der Waals surface area contributed by atoms with E-state index in [2.05, 4.69) is 21.2 Å². The van der Waals surface area contributed by atoms with Crippen molar-refractivity contribution in [3.8, 4) is 5.75 Å². The van der Waals surface area contributed by atoms with E-state index in [1.165, 1.54) is 17.0 Å². The van der Waals surface area contributed by atoms with E-state index in [1.807, 2.05) is 0 Å². The van der Waals surface area contributed by atoms with Crippen LogP contribution in [0.3, 0.4) is 0 Å². The van der Waals surface area contributed by atoms with Crippen LogP contribution in [-0.4, -0.2) is 43.5 Å². The normalized spacial score (nSPS) is 10.4. The van der Waals surface area contributed by atoms with Gasteiger partial charge < -0.3 is 15.0 Å². The van der Waals surface area contributed by atoms with E-state index in [-0.39, 0.29) is 24.4 Å². The van der Waals surface area contributed by atoms with Gasteiger partial charge in [-0.05, 0) is 52.3 Å². The number of nitrogens with one attached hydrogen (secondary N) is 1. The molecule has 0 aliphatic carbocycles. The summed E-state index contributed by atoms with van der Waals surface area (Å²) < 4.78 is 19.3. The minimum absolute atomic E-state index is 0.131. The monoisotopic (exact) mass is 456 g/mol. The average Bonchev–Trinajstić information content (AvgIpc) is 2.63. The van der Waals surface area contributed by atoms with Crippen LogP contribution in [0.2, 0.25) is 5.02 Å². The fraction of sp³-hybridized carbons (Fsp3) is 0.263. The van der Waals surface area contributed by atoms with Crippen LogP contribution in [-0.2, 0) is 4.79 Å². The fourth-order valence-electron chi connectivity index (χ4n) is 2.22. The lowest BCUT2D eigenvalue weighted by Gasteiger charge is -2.18. The van der Waals surface area contributed by atoms with Gasteiger partial charge in [-0.1, -0.05) is 17.7 Å². The molecule has 2 amide bonds. The zero-order valence-corrected chi connectivity index (χ0v) is 17.0. The van der Waals surface area contributed by atoms with E-state index < -0.39 is 11.7 Å². The molecule has 0 spiro atoms. The fourth-order valence-corrected chi connectivity index (χ4v) is 2.83. The lowest BCUT2D eigenvalue weighted by molar-refractivity contribution is -0.130. The molecule has 144 valence electrons. The Labute approximate surface area is 170 Å². The Morgan fingerprint density at radius 1 is 1.26 bits per heavy atom. The van der Waals surface area contributed by atoms with Crippen molar-refractivity contribution < 1.29 is 18.7 Å². The van der Waals surface area contributed by atoms with Gasteiger partial charge in [-0.15, -0.1) is 0 Å². The Balaban J connectivity index is 1.71. The van der Waals surface area contributed by atoms with E-state index >= 15 is 0 Å². The largest absolute Gasteiger partial charge is 0.492 e. The topological polar surface area (TPSA) is 58.6 Å². The van der Waals surface area contributed by atoms with Crippen molar-refractivity contribution in [3.05, 3.63) is 63.3 Å². The molecule has 27 heavy (non-hydrogen) atoms. The van der Waals surface area contributed by atoms with Gasteiger partial charge in [-0.2, -0.15) is 0 Å².